The summed E-state index contributed by atoms with van der Waals surface area (Å²) in [7, 11) is 4.07. The minimum absolute atomic E-state index is 0.0462. The van der Waals surface area contributed by atoms with E-state index in [2.05, 4.69) is 9.80 Å². The van der Waals surface area contributed by atoms with Crippen LogP contribution in [0.1, 0.15) is 11.1 Å². The molecule has 7 nitrogen and oxygen atoms in total. The molecule has 0 unspecified atom stereocenters. The van der Waals surface area contributed by atoms with Crippen molar-refractivity contribution in [3.8, 4) is 0 Å². The van der Waals surface area contributed by atoms with Crippen molar-refractivity contribution in [3.63, 3.8) is 0 Å². The number of hydrogen-bond acceptors (Lipinski definition) is 7. The monoisotopic (exact) mass is 525 g/mol. The predicted molar refractivity (Wildman–Crippen MR) is 148 cm³/mol. The molecule has 2 aromatic carbocycles. The number of benzene rings is 2. The Morgan fingerprint density at radius 1 is 0.694 bits per heavy atom. The number of carbonyl (C=O) groups is 2. The Morgan fingerprint density at radius 3 is 1.44 bits per heavy atom. The zero-order chi connectivity index (χ0) is 25.9. The third-order valence-corrected chi connectivity index (χ3v) is 7.43. The Labute approximate surface area is 220 Å². The second-order valence-electron chi connectivity index (χ2n) is 8.32. The maximum absolute atomic E-state index is 10.8. The fourth-order valence-electron chi connectivity index (χ4n) is 3.42. The van der Waals surface area contributed by atoms with Gasteiger partial charge < -0.3 is 20.0 Å². The van der Waals surface area contributed by atoms with E-state index in [-0.39, 0.29) is 12.8 Å². The van der Waals surface area contributed by atoms with Gasteiger partial charge in [0.05, 0.1) is 12.8 Å². The number of thioether (sulfide) groups is 2. The first-order valence-corrected chi connectivity index (χ1v) is 13.5. The normalized spacial score (nSPS) is 10.7. The highest BCUT2D eigenvalue weighted by Gasteiger charge is 2.08. The van der Waals surface area contributed by atoms with E-state index in [1.165, 1.54) is 0 Å². The van der Waals surface area contributed by atoms with E-state index in [0.29, 0.717) is 0 Å². The zero-order valence-corrected chi connectivity index (χ0v) is 22.1. The molecule has 1 heterocycles. The first-order valence-electron chi connectivity index (χ1n) is 11.6. The second-order valence-corrected chi connectivity index (χ2v) is 10.7. The number of carboxylic acids is 2. The molecule has 190 valence electrons. The molecule has 1 aromatic heterocycles. The summed E-state index contributed by atoms with van der Waals surface area (Å²) in [5.41, 5.74) is 1.61. The fourth-order valence-corrected chi connectivity index (χ4v) is 5.28. The molecule has 0 fully saturated rings. The summed E-state index contributed by atoms with van der Waals surface area (Å²) in [6.07, 6.45) is 0.0923. The van der Waals surface area contributed by atoms with Gasteiger partial charge in [-0.2, -0.15) is 0 Å². The van der Waals surface area contributed by atoms with Crippen molar-refractivity contribution >= 4 is 47.1 Å². The molecule has 0 amide bonds. The van der Waals surface area contributed by atoms with Gasteiger partial charge in [0, 0.05) is 48.5 Å². The number of aliphatic carboxylic acids is 2. The number of hydrogen-bond donors (Lipinski definition) is 2. The Hall–Kier alpha value is -3.17. The van der Waals surface area contributed by atoms with E-state index in [9.17, 15) is 9.59 Å². The van der Waals surface area contributed by atoms with Crippen LogP contribution in [0.25, 0.3) is 0 Å². The van der Waals surface area contributed by atoms with Crippen LogP contribution >= 0.6 is 23.5 Å². The summed E-state index contributed by atoms with van der Waals surface area (Å²) < 4.78 is 0. The van der Waals surface area contributed by atoms with Crippen molar-refractivity contribution in [2.75, 3.05) is 48.5 Å². The molecule has 3 rings (SSSR count). The lowest BCUT2D eigenvalue weighted by molar-refractivity contribution is -0.137. The van der Waals surface area contributed by atoms with Gasteiger partial charge in [0.25, 0.3) is 0 Å². The molecule has 0 aliphatic rings. The van der Waals surface area contributed by atoms with Gasteiger partial charge in [-0.3, -0.25) is 9.59 Å². The highest BCUT2D eigenvalue weighted by molar-refractivity contribution is 7.99. The van der Waals surface area contributed by atoms with Crippen LogP contribution in [0.15, 0.2) is 76.5 Å². The van der Waals surface area contributed by atoms with Crippen LogP contribution in [0.3, 0.4) is 0 Å². The summed E-state index contributed by atoms with van der Waals surface area (Å²) >= 11 is 3.47. The number of aromatic nitrogens is 1. The maximum atomic E-state index is 10.8. The molecule has 3 aromatic rings. The topological polar surface area (TPSA) is 94.0 Å². The SMILES string of the molecule is CN(CCSc1ccc(CC(=O)O)cc1)c1cccc(N(C)CCSc2ccc(CC(=O)O)cc2)n1. The van der Waals surface area contributed by atoms with Gasteiger partial charge in [-0.05, 0) is 47.5 Å². The van der Waals surface area contributed by atoms with Crippen molar-refractivity contribution in [2.24, 2.45) is 0 Å². The Morgan fingerprint density at radius 2 is 1.08 bits per heavy atom. The third kappa shape index (κ3) is 9.13. The Balaban J connectivity index is 1.44. The molecule has 0 bridgehead atoms. The quantitative estimate of drug-likeness (QED) is 0.288. The Kier molecular flexibility index (Phi) is 10.5. The predicted octanol–water partition coefficient (Wildman–Crippen LogP) is 4.79. The second kappa shape index (κ2) is 13.8. The molecule has 0 radical (unpaired) electrons. The minimum atomic E-state index is -0.819. The first kappa shape index (κ1) is 27.4. The van der Waals surface area contributed by atoms with Gasteiger partial charge in [0.2, 0.25) is 0 Å². The van der Waals surface area contributed by atoms with Gasteiger partial charge in [-0.1, -0.05) is 30.3 Å². The number of carboxylic acid groups (broad SMARTS) is 2. The fraction of sp³-hybridized carbons (Fsp3) is 0.296. The average molecular weight is 526 g/mol. The summed E-state index contributed by atoms with van der Waals surface area (Å²) in [5.74, 6) is 1.97. The van der Waals surface area contributed by atoms with Crippen LogP contribution in [0, 0.1) is 0 Å². The molecule has 0 saturated heterocycles. The van der Waals surface area contributed by atoms with E-state index >= 15 is 0 Å². The van der Waals surface area contributed by atoms with E-state index in [1.807, 2.05) is 80.8 Å². The molecule has 36 heavy (non-hydrogen) atoms. The van der Waals surface area contributed by atoms with E-state index < -0.39 is 11.9 Å². The first-order chi connectivity index (χ1) is 17.3. The summed E-state index contributed by atoms with van der Waals surface area (Å²) in [5, 5.41) is 17.8. The van der Waals surface area contributed by atoms with Gasteiger partial charge >= 0.3 is 11.9 Å². The zero-order valence-electron chi connectivity index (χ0n) is 20.5. The summed E-state index contributed by atoms with van der Waals surface area (Å²) in [6.45, 7) is 1.66. The lowest BCUT2D eigenvalue weighted by Crippen LogP contribution is -2.24. The van der Waals surface area contributed by atoms with Crippen LogP contribution in [-0.2, 0) is 22.4 Å². The highest BCUT2D eigenvalue weighted by Crippen LogP contribution is 2.22. The van der Waals surface area contributed by atoms with Crippen LogP contribution < -0.4 is 9.80 Å². The number of anilines is 2. The lowest BCUT2D eigenvalue weighted by atomic mass is 10.2. The van der Waals surface area contributed by atoms with Gasteiger partial charge in [-0.25, -0.2) is 4.98 Å². The smallest absolute Gasteiger partial charge is 0.307 e. The summed E-state index contributed by atoms with van der Waals surface area (Å²) in [4.78, 5) is 33.0. The van der Waals surface area contributed by atoms with Crippen molar-refractivity contribution in [1.29, 1.82) is 0 Å². The van der Waals surface area contributed by atoms with Gasteiger partial charge in [-0.15, -0.1) is 23.5 Å². The van der Waals surface area contributed by atoms with Crippen LogP contribution in [0.5, 0.6) is 0 Å². The summed E-state index contributed by atoms with van der Waals surface area (Å²) in [6, 6.07) is 21.4. The molecule has 9 heteroatoms. The largest absolute Gasteiger partial charge is 0.481 e. The standard InChI is InChI=1S/C27H31N3O4S2/c1-29(14-16-35-22-10-6-20(7-11-22)18-26(31)32)24-4-3-5-25(28-24)30(2)15-17-36-23-12-8-21(9-13-23)19-27(33)34/h3-13H,14-19H2,1-2H3,(H,31,32)(H,33,34). The lowest BCUT2D eigenvalue weighted by Gasteiger charge is -2.22. The molecule has 0 atom stereocenters. The van der Waals surface area contributed by atoms with Gasteiger partial charge in [0.15, 0.2) is 0 Å². The average Bonchev–Trinajstić information content (AvgIpc) is 2.85. The number of rotatable bonds is 14. The van der Waals surface area contributed by atoms with Crippen LogP contribution in [-0.4, -0.2) is 65.8 Å². The number of pyridine rings is 1. The van der Waals surface area contributed by atoms with Crippen molar-refractivity contribution in [3.05, 3.63) is 77.9 Å². The van der Waals surface area contributed by atoms with Gasteiger partial charge in [0.1, 0.15) is 11.6 Å². The third-order valence-electron chi connectivity index (χ3n) is 5.45. The molecule has 0 aliphatic carbocycles. The Bertz CT molecular complexity index is 1050. The minimum Gasteiger partial charge on any atom is -0.481 e. The molecule has 0 aliphatic heterocycles. The molecule has 0 spiro atoms. The van der Waals surface area contributed by atoms with E-state index in [4.69, 9.17) is 15.2 Å². The maximum Gasteiger partial charge on any atom is 0.307 e. The molecule has 0 saturated carbocycles. The molecule has 2 N–H and O–H groups in total. The molecular formula is C27H31N3O4S2. The number of nitrogens with zero attached hydrogens (tertiary/aromatic N) is 3. The van der Waals surface area contributed by atoms with Crippen LogP contribution in [0.2, 0.25) is 0 Å². The van der Waals surface area contributed by atoms with Crippen LogP contribution in [0.4, 0.5) is 11.6 Å². The van der Waals surface area contributed by atoms with Crippen molar-refractivity contribution in [2.45, 2.75) is 22.6 Å². The molecular weight excluding hydrogens is 494 g/mol. The van der Waals surface area contributed by atoms with Crippen molar-refractivity contribution < 1.29 is 19.8 Å². The van der Waals surface area contributed by atoms with E-state index in [0.717, 1.165) is 57.1 Å². The van der Waals surface area contributed by atoms with Crippen molar-refractivity contribution in [1.82, 2.24) is 4.98 Å². The highest BCUT2D eigenvalue weighted by atomic mass is 32.2. The van der Waals surface area contributed by atoms with E-state index in [1.54, 1.807) is 23.5 Å².